The van der Waals surface area contributed by atoms with Gasteiger partial charge in [0.15, 0.2) is 0 Å². The van der Waals surface area contributed by atoms with Crippen LogP contribution in [-0.2, 0) is 0 Å². The highest BCUT2D eigenvalue weighted by atomic mass is 16.5. The van der Waals surface area contributed by atoms with Crippen molar-refractivity contribution in [1.29, 1.82) is 0 Å². The van der Waals surface area contributed by atoms with Crippen LogP contribution in [0.15, 0.2) is 97.6 Å². The summed E-state index contributed by atoms with van der Waals surface area (Å²) >= 11 is 0. The molecule has 0 aliphatic rings. The van der Waals surface area contributed by atoms with Gasteiger partial charge in [-0.1, -0.05) is 42.5 Å². The smallest absolute Gasteiger partial charge is 0.252 e. The molecule has 29 heavy (non-hydrogen) atoms. The van der Waals surface area contributed by atoms with Crippen molar-refractivity contribution in [2.45, 2.75) is 6.04 Å². The zero-order valence-electron chi connectivity index (χ0n) is 16.0. The van der Waals surface area contributed by atoms with Crippen molar-refractivity contribution in [3.05, 3.63) is 114 Å². The van der Waals surface area contributed by atoms with Gasteiger partial charge in [0.05, 0.1) is 19.5 Å². The summed E-state index contributed by atoms with van der Waals surface area (Å²) in [5, 5.41) is 3.16. The molecule has 4 rings (SSSR count). The molecule has 0 bridgehead atoms. The summed E-state index contributed by atoms with van der Waals surface area (Å²) < 4.78 is 7.15. The van der Waals surface area contributed by atoms with Crippen LogP contribution in [0.1, 0.15) is 27.5 Å². The molecule has 0 unspecified atom stereocenters. The number of hydrogen-bond acceptors (Lipinski definition) is 3. The molecule has 0 fully saturated rings. The Morgan fingerprint density at radius 3 is 2.24 bits per heavy atom. The van der Waals surface area contributed by atoms with E-state index in [9.17, 15) is 4.79 Å². The minimum Gasteiger partial charge on any atom is -0.497 e. The van der Waals surface area contributed by atoms with Crippen LogP contribution >= 0.6 is 0 Å². The number of amides is 1. The van der Waals surface area contributed by atoms with Crippen molar-refractivity contribution >= 4 is 5.91 Å². The third-order valence-electron chi connectivity index (χ3n) is 4.79. The van der Waals surface area contributed by atoms with Crippen LogP contribution in [0, 0.1) is 0 Å². The van der Waals surface area contributed by atoms with E-state index in [1.165, 1.54) is 0 Å². The molecule has 1 atom stereocenters. The zero-order chi connectivity index (χ0) is 20.1. The van der Waals surface area contributed by atoms with Crippen molar-refractivity contribution in [1.82, 2.24) is 14.9 Å². The normalized spacial score (nSPS) is 11.6. The summed E-state index contributed by atoms with van der Waals surface area (Å²) in [7, 11) is 1.64. The Morgan fingerprint density at radius 1 is 0.931 bits per heavy atom. The van der Waals surface area contributed by atoms with Crippen molar-refractivity contribution in [3.63, 3.8) is 0 Å². The number of carbonyl (C=O) groups is 1. The fourth-order valence-electron chi connectivity index (χ4n) is 3.21. The second-order valence-corrected chi connectivity index (χ2v) is 6.61. The molecule has 1 heterocycles. The van der Waals surface area contributed by atoms with Gasteiger partial charge in [-0.2, -0.15) is 0 Å². The first-order valence-electron chi connectivity index (χ1n) is 9.33. The lowest BCUT2D eigenvalue weighted by molar-refractivity contribution is 0.0943. The third kappa shape index (κ3) is 4.19. The number of nitrogens with one attached hydrogen (secondary N) is 1. The van der Waals surface area contributed by atoms with Gasteiger partial charge in [0.2, 0.25) is 0 Å². The quantitative estimate of drug-likeness (QED) is 0.537. The monoisotopic (exact) mass is 383 g/mol. The molecule has 4 aromatic rings. The number of hydrogen-bond donors (Lipinski definition) is 1. The number of imidazole rings is 1. The Kier molecular flexibility index (Phi) is 5.38. The number of nitrogens with zero attached hydrogens (tertiary/aromatic N) is 2. The maximum atomic E-state index is 13.0. The van der Waals surface area contributed by atoms with Gasteiger partial charge in [-0.25, -0.2) is 4.98 Å². The van der Waals surface area contributed by atoms with Gasteiger partial charge >= 0.3 is 0 Å². The maximum absolute atomic E-state index is 13.0. The van der Waals surface area contributed by atoms with Crippen LogP contribution in [0.4, 0.5) is 0 Å². The molecule has 0 aliphatic carbocycles. The highest BCUT2D eigenvalue weighted by Gasteiger charge is 2.18. The van der Waals surface area contributed by atoms with E-state index in [-0.39, 0.29) is 11.9 Å². The van der Waals surface area contributed by atoms with E-state index in [2.05, 4.69) is 10.3 Å². The van der Waals surface area contributed by atoms with E-state index in [1.807, 2.05) is 89.6 Å². The van der Waals surface area contributed by atoms with Crippen molar-refractivity contribution < 1.29 is 9.53 Å². The highest BCUT2D eigenvalue weighted by Crippen LogP contribution is 2.24. The molecule has 0 spiro atoms. The average Bonchev–Trinajstić information content (AvgIpc) is 3.33. The summed E-state index contributed by atoms with van der Waals surface area (Å²) in [6, 6.07) is 24.9. The first-order valence-corrected chi connectivity index (χ1v) is 9.33. The minimum atomic E-state index is -0.261. The number of aromatic nitrogens is 2. The molecule has 0 radical (unpaired) electrons. The largest absolute Gasteiger partial charge is 0.497 e. The van der Waals surface area contributed by atoms with Gasteiger partial charge in [0.1, 0.15) is 5.75 Å². The molecule has 5 heteroatoms. The van der Waals surface area contributed by atoms with Gasteiger partial charge in [-0.3, -0.25) is 4.79 Å². The second kappa shape index (κ2) is 8.44. The van der Waals surface area contributed by atoms with E-state index in [1.54, 1.807) is 19.6 Å². The highest BCUT2D eigenvalue weighted by molar-refractivity contribution is 5.94. The Balaban J connectivity index is 1.59. The van der Waals surface area contributed by atoms with E-state index in [0.717, 1.165) is 22.6 Å². The molecular weight excluding hydrogens is 362 g/mol. The summed E-state index contributed by atoms with van der Waals surface area (Å²) in [6.45, 7) is 0. The fourth-order valence-corrected chi connectivity index (χ4v) is 3.21. The van der Waals surface area contributed by atoms with Gasteiger partial charge in [-0.05, 0) is 47.5 Å². The fraction of sp³-hybridized carbons (Fsp3) is 0.0833. The summed E-state index contributed by atoms with van der Waals surface area (Å²) in [5.41, 5.74) is 3.55. The van der Waals surface area contributed by atoms with E-state index < -0.39 is 0 Å². The molecule has 1 amide bonds. The number of benzene rings is 3. The molecule has 1 N–H and O–H groups in total. The van der Waals surface area contributed by atoms with Crippen LogP contribution in [-0.4, -0.2) is 22.6 Å². The molecule has 0 saturated heterocycles. The number of ether oxygens (including phenoxy) is 1. The molecule has 1 aromatic heterocycles. The predicted octanol–water partition coefficient (Wildman–Crippen LogP) is 4.40. The average molecular weight is 383 g/mol. The molecule has 144 valence electrons. The Labute approximate surface area is 169 Å². The van der Waals surface area contributed by atoms with Crippen LogP contribution in [0.25, 0.3) is 5.69 Å². The Hall–Kier alpha value is -3.86. The summed E-state index contributed by atoms with van der Waals surface area (Å²) in [6.07, 6.45) is 5.31. The van der Waals surface area contributed by atoms with Gasteiger partial charge in [-0.15, -0.1) is 0 Å². The molecule has 0 aliphatic heterocycles. The molecule has 3 aromatic carbocycles. The topological polar surface area (TPSA) is 56.1 Å². The van der Waals surface area contributed by atoms with Crippen LogP contribution in [0.5, 0.6) is 5.75 Å². The standard InChI is InChI=1S/C24H21N3O2/c1-29-22-13-9-19(10-14-22)23(18-5-3-2-4-6-18)26-24(28)20-7-11-21(12-8-20)27-16-15-25-17-27/h2-17,23H,1H3,(H,26,28)/t23-/m0/s1. The Morgan fingerprint density at radius 2 is 1.62 bits per heavy atom. The van der Waals surface area contributed by atoms with Gasteiger partial charge < -0.3 is 14.6 Å². The molecule has 0 saturated carbocycles. The lowest BCUT2D eigenvalue weighted by Crippen LogP contribution is -2.29. The number of carbonyl (C=O) groups excluding carboxylic acids is 1. The van der Waals surface area contributed by atoms with Crippen LogP contribution in [0.2, 0.25) is 0 Å². The summed E-state index contributed by atoms with van der Waals surface area (Å²) in [5.74, 6) is 0.647. The minimum absolute atomic E-state index is 0.133. The second-order valence-electron chi connectivity index (χ2n) is 6.61. The Bertz CT molecular complexity index is 1060. The predicted molar refractivity (Wildman–Crippen MR) is 112 cm³/mol. The number of rotatable bonds is 6. The lowest BCUT2D eigenvalue weighted by Gasteiger charge is -2.20. The maximum Gasteiger partial charge on any atom is 0.252 e. The SMILES string of the molecule is COc1ccc([C@@H](NC(=O)c2ccc(-n3ccnc3)cc2)c2ccccc2)cc1. The van der Waals surface area contributed by atoms with Crippen LogP contribution < -0.4 is 10.1 Å². The van der Waals surface area contributed by atoms with E-state index >= 15 is 0 Å². The van der Waals surface area contributed by atoms with Crippen molar-refractivity contribution in [2.75, 3.05) is 7.11 Å². The van der Waals surface area contributed by atoms with Crippen LogP contribution in [0.3, 0.4) is 0 Å². The lowest BCUT2D eigenvalue weighted by atomic mass is 9.98. The molecular formula is C24H21N3O2. The first-order chi connectivity index (χ1) is 14.2. The van der Waals surface area contributed by atoms with Crippen molar-refractivity contribution in [3.8, 4) is 11.4 Å². The van der Waals surface area contributed by atoms with Crippen molar-refractivity contribution in [2.24, 2.45) is 0 Å². The van der Waals surface area contributed by atoms with Gasteiger partial charge in [0, 0.05) is 23.6 Å². The zero-order valence-corrected chi connectivity index (χ0v) is 16.0. The third-order valence-corrected chi connectivity index (χ3v) is 4.79. The number of methoxy groups -OCH3 is 1. The van der Waals surface area contributed by atoms with Gasteiger partial charge in [0.25, 0.3) is 5.91 Å². The van der Waals surface area contributed by atoms with E-state index in [4.69, 9.17) is 4.74 Å². The first kappa shape index (κ1) is 18.5. The molecule has 5 nitrogen and oxygen atoms in total. The summed E-state index contributed by atoms with van der Waals surface area (Å²) in [4.78, 5) is 17.0. The van der Waals surface area contributed by atoms with E-state index in [0.29, 0.717) is 5.56 Å².